The van der Waals surface area contributed by atoms with Crippen LogP contribution in [0.3, 0.4) is 0 Å². The van der Waals surface area contributed by atoms with Gasteiger partial charge in [-0.25, -0.2) is 9.78 Å². The van der Waals surface area contributed by atoms with Gasteiger partial charge in [-0.15, -0.1) is 0 Å². The predicted octanol–water partition coefficient (Wildman–Crippen LogP) is 2.72. The molecule has 0 fully saturated rings. The number of ether oxygens (including phenoxy) is 2. The monoisotopic (exact) mass is 379 g/mol. The molecule has 28 heavy (non-hydrogen) atoms. The van der Waals surface area contributed by atoms with Crippen LogP contribution in [0.4, 0.5) is 5.69 Å². The Morgan fingerprint density at radius 3 is 2.79 bits per heavy atom. The van der Waals surface area contributed by atoms with Crippen molar-refractivity contribution in [3.05, 3.63) is 53.9 Å². The van der Waals surface area contributed by atoms with Crippen LogP contribution in [0.2, 0.25) is 0 Å². The molecule has 0 unspecified atom stereocenters. The number of methoxy groups -OCH3 is 1. The number of rotatable bonds is 3. The Balaban J connectivity index is 1.74. The fourth-order valence-electron chi connectivity index (χ4n) is 3.54. The first-order valence-corrected chi connectivity index (χ1v) is 9.14. The van der Waals surface area contributed by atoms with Gasteiger partial charge in [0.2, 0.25) is 6.10 Å². The third-order valence-electron chi connectivity index (χ3n) is 5.02. The zero-order valence-corrected chi connectivity index (χ0v) is 16.0. The number of anilines is 1. The van der Waals surface area contributed by atoms with Gasteiger partial charge in [0.25, 0.3) is 5.91 Å². The molecule has 1 aliphatic heterocycles. The molecule has 0 radical (unpaired) electrons. The van der Waals surface area contributed by atoms with Crippen molar-refractivity contribution in [1.29, 1.82) is 0 Å². The Hall–Kier alpha value is -3.35. The lowest BCUT2D eigenvalue weighted by atomic mass is 10.1. The SMILES string of the molecule is CCc1nc2cc(C(=O)N3C[C@@H](C(=O)OC)Oc4ccccc43)ccc2n1C. The highest BCUT2D eigenvalue weighted by Crippen LogP contribution is 2.34. The summed E-state index contributed by atoms with van der Waals surface area (Å²) >= 11 is 0. The van der Waals surface area contributed by atoms with Crippen LogP contribution in [0.5, 0.6) is 5.75 Å². The predicted molar refractivity (Wildman–Crippen MR) is 105 cm³/mol. The molecule has 0 spiro atoms. The average Bonchev–Trinajstić information content (AvgIpc) is 3.06. The highest BCUT2D eigenvalue weighted by atomic mass is 16.6. The summed E-state index contributed by atoms with van der Waals surface area (Å²) in [5.41, 5.74) is 2.89. The number of para-hydroxylation sites is 2. The van der Waals surface area contributed by atoms with Gasteiger partial charge < -0.3 is 18.9 Å². The number of fused-ring (bicyclic) bond motifs is 2. The first-order chi connectivity index (χ1) is 13.5. The second-order valence-electron chi connectivity index (χ2n) is 6.66. The van der Waals surface area contributed by atoms with E-state index in [2.05, 4.69) is 4.98 Å². The molecule has 1 amide bonds. The summed E-state index contributed by atoms with van der Waals surface area (Å²) in [6.45, 7) is 2.13. The van der Waals surface area contributed by atoms with E-state index in [4.69, 9.17) is 9.47 Å². The summed E-state index contributed by atoms with van der Waals surface area (Å²) in [5, 5.41) is 0. The molecule has 144 valence electrons. The average molecular weight is 379 g/mol. The maximum absolute atomic E-state index is 13.3. The van der Waals surface area contributed by atoms with Crippen LogP contribution in [0.15, 0.2) is 42.5 Å². The van der Waals surface area contributed by atoms with Crippen molar-refractivity contribution in [3.63, 3.8) is 0 Å². The van der Waals surface area contributed by atoms with E-state index in [-0.39, 0.29) is 12.5 Å². The third-order valence-corrected chi connectivity index (χ3v) is 5.02. The maximum Gasteiger partial charge on any atom is 0.348 e. The van der Waals surface area contributed by atoms with Crippen molar-refractivity contribution in [2.24, 2.45) is 7.05 Å². The van der Waals surface area contributed by atoms with E-state index in [1.54, 1.807) is 35.2 Å². The van der Waals surface area contributed by atoms with Gasteiger partial charge in [-0.1, -0.05) is 19.1 Å². The van der Waals surface area contributed by atoms with E-state index in [1.165, 1.54) is 7.11 Å². The van der Waals surface area contributed by atoms with Crippen molar-refractivity contribution in [2.45, 2.75) is 19.4 Å². The molecule has 3 aromatic rings. The minimum atomic E-state index is -0.867. The van der Waals surface area contributed by atoms with Crippen LogP contribution in [-0.2, 0) is 23.0 Å². The van der Waals surface area contributed by atoms with Crippen LogP contribution in [0.25, 0.3) is 11.0 Å². The van der Waals surface area contributed by atoms with Crippen molar-refractivity contribution in [2.75, 3.05) is 18.6 Å². The summed E-state index contributed by atoms with van der Waals surface area (Å²) in [7, 11) is 3.27. The van der Waals surface area contributed by atoms with Gasteiger partial charge >= 0.3 is 5.97 Å². The Morgan fingerprint density at radius 2 is 2.04 bits per heavy atom. The number of carbonyl (C=O) groups is 2. The molecule has 0 N–H and O–H groups in total. The van der Waals surface area contributed by atoms with Gasteiger partial charge in [-0.2, -0.15) is 0 Å². The van der Waals surface area contributed by atoms with E-state index in [0.29, 0.717) is 17.0 Å². The summed E-state index contributed by atoms with van der Waals surface area (Å²) in [6, 6.07) is 12.6. The zero-order valence-electron chi connectivity index (χ0n) is 16.0. The molecule has 0 saturated carbocycles. The van der Waals surface area contributed by atoms with Crippen LogP contribution < -0.4 is 9.64 Å². The van der Waals surface area contributed by atoms with Gasteiger partial charge in [0.1, 0.15) is 11.6 Å². The number of aromatic nitrogens is 2. The summed E-state index contributed by atoms with van der Waals surface area (Å²) in [6.07, 6.45) is -0.0549. The molecule has 0 aliphatic carbocycles. The molecule has 7 nitrogen and oxygen atoms in total. The molecule has 1 aromatic heterocycles. The molecular formula is C21H21N3O4. The first-order valence-electron chi connectivity index (χ1n) is 9.14. The fraction of sp³-hybridized carbons (Fsp3) is 0.286. The Morgan fingerprint density at radius 1 is 1.25 bits per heavy atom. The topological polar surface area (TPSA) is 73.7 Å². The number of esters is 1. The van der Waals surface area contributed by atoms with Gasteiger partial charge in [0.05, 0.1) is 30.4 Å². The van der Waals surface area contributed by atoms with Gasteiger partial charge in [0, 0.05) is 19.0 Å². The number of carbonyl (C=O) groups excluding carboxylic acids is 2. The van der Waals surface area contributed by atoms with Crippen molar-refractivity contribution in [3.8, 4) is 5.75 Å². The number of hydrogen-bond donors (Lipinski definition) is 0. The fourth-order valence-corrected chi connectivity index (χ4v) is 3.54. The Bertz CT molecular complexity index is 1070. The Kier molecular flexibility index (Phi) is 4.50. The van der Waals surface area contributed by atoms with Crippen LogP contribution in [0, 0.1) is 0 Å². The first kappa shape index (κ1) is 18.0. The molecule has 2 heterocycles. The molecule has 4 rings (SSSR count). The largest absolute Gasteiger partial charge is 0.475 e. The molecule has 7 heteroatoms. The zero-order chi connectivity index (χ0) is 19.8. The van der Waals surface area contributed by atoms with E-state index in [1.807, 2.05) is 30.7 Å². The van der Waals surface area contributed by atoms with E-state index < -0.39 is 12.1 Å². The number of aryl methyl sites for hydroxylation is 2. The quantitative estimate of drug-likeness (QED) is 0.654. The lowest BCUT2D eigenvalue weighted by molar-refractivity contribution is -0.148. The van der Waals surface area contributed by atoms with Gasteiger partial charge in [-0.3, -0.25) is 4.79 Å². The van der Waals surface area contributed by atoms with E-state index in [0.717, 1.165) is 23.3 Å². The highest BCUT2D eigenvalue weighted by molar-refractivity contribution is 6.09. The van der Waals surface area contributed by atoms with Crippen molar-refractivity contribution in [1.82, 2.24) is 9.55 Å². The van der Waals surface area contributed by atoms with E-state index in [9.17, 15) is 9.59 Å². The normalized spacial score (nSPS) is 15.8. The lowest BCUT2D eigenvalue weighted by Crippen LogP contribution is -2.47. The molecule has 0 bridgehead atoms. The molecule has 2 aromatic carbocycles. The van der Waals surface area contributed by atoms with Crippen LogP contribution in [0.1, 0.15) is 23.1 Å². The smallest absolute Gasteiger partial charge is 0.348 e. The standard InChI is InChI=1S/C21H21N3O4/c1-4-19-22-14-11-13(9-10-15(14)23(19)2)20(25)24-12-18(21(26)27-3)28-17-8-6-5-7-16(17)24/h5-11,18H,4,12H2,1-3H3/t18-/m0/s1. The minimum Gasteiger partial charge on any atom is -0.475 e. The van der Waals surface area contributed by atoms with E-state index >= 15 is 0 Å². The molecule has 1 atom stereocenters. The number of amides is 1. The van der Waals surface area contributed by atoms with Gasteiger partial charge in [-0.05, 0) is 30.3 Å². The summed E-state index contributed by atoms with van der Waals surface area (Å²) < 4.78 is 12.6. The number of hydrogen-bond acceptors (Lipinski definition) is 5. The number of benzene rings is 2. The molecule has 1 aliphatic rings. The molecular weight excluding hydrogens is 358 g/mol. The highest BCUT2D eigenvalue weighted by Gasteiger charge is 2.34. The second kappa shape index (κ2) is 6.99. The number of imidazole rings is 1. The summed E-state index contributed by atoms with van der Waals surface area (Å²) in [4.78, 5) is 31.5. The maximum atomic E-state index is 13.3. The third kappa shape index (κ3) is 2.89. The van der Waals surface area contributed by atoms with Crippen molar-refractivity contribution < 1.29 is 19.1 Å². The lowest BCUT2D eigenvalue weighted by Gasteiger charge is -2.33. The minimum absolute atomic E-state index is 0.0863. The second-order valence-corrected chi connectivity index (χ2v) is 6.66. The Labute approximate surface area is 162 Å². The van der Waals surface area contributed by atoms with Crippen LogP contribution >= 0.6 is 0 Å². The van der Waals surface area contributed by atoms with Crippen molar-refractivity contribution >= 4 is 28.6 Å². The summed E-state index contributed by atoms with van der Waals surface area (Å²) in [5.74, 6) is 0.710. The van der Waals surface area contributed by atoms with Gasteiger partial charge in [0.15, 0.2) is 0 Å². The number of nitrogens with zero attached hydrogens (tertiary/aromatic N) is 3. The molecule has 0 saturated heterocycles. The van der Waals surface area contributed by atoms with Crippen LogP contribution in [-0.4, -0.2) is 41.2 Å².